The first-order valence-electron chi connectivity index (χ1n) is 6.93. The van der Waals surface area contributed by atoms with Gasteiger partial charge < -0.3 is 10.2 Å². The molecule has 0 aromatic carbocycles. The van der Waals surface area contributed by atoms with Crippen LogP contribution in [0.25, 0.3) is 0 Å². The summed E-state index contributed by atoms with van der Waals surface area (Å²) in [6.07, 6.45) is 3.91. The summed E-state index contributed by atoms with van der Waals surface area (Å²) >= 11 is 0. The van der Waals surface area contributed by atoms with E-state index in [0.29, 0.717) is 0 Å². The molecule has 2 rings (SSSR count). The zero-order valence-electron chi connectivity index (χ0n) is 12.0. The first-order chi connectivity index (χ1) is 8.65. The van der Waals surface area contributed by atoms with Gasteiger partial charge in [0, 0.05) is 25.7 Å². The predicted octanol–water partition coefficient (Wildman–Crippen LogP) is 2.76. The van der Waals surface area contributed by atoms with Crippen LogP contribution in [0.15, 0.2) is 0 Å². The molecule has 1 heterocycles. The summed E-state index contributed by atoms with van der Waals surface area (Å²) in [4.78, 5) is 11.5. The highest BCUT2D eigenvalue weighted by atomic mass is 15.2. The lowest BCUT2D eigenvalue weighted by atomic mass is 10.2. The molecule has 0 radical (unpaired) electrons. The van der Waals surface area contributed by atoms with Gasteiger partial charge in [-0.3, -0.25) is 0 Å². The summed E-state index contributed by atoms with van der Waals surface area (Å²) in [6.45, 7) is 8.52. The van der Waals surface area contributed by atoms with Gasteiger partial charge in [0.25, 0.3) is 0 Å². The standard InChI is InChI=1S/C14H24N4/c1-5-8-18(9-12-6-7-12)14-10(2)13(15-4)16-11(3)17-14/h12H,5-9H2,1-4H3,(H,15,16,17). The van der Waals surface area contributed by atoms with Crippen LogP contribution in [0.1, 0.15) is 37.6 Å². The fourth-order valence-electron chi connectivity index (χ4n) is 2.33. The van der Waals surface area contributed by atoms with Gasteiger partial charge in [-0.15, -0.1) is 0 Å². The molecular formula is C14H24N4. The minimum Gasteiger partial charge on any atom is -0.373 e. The first-order valence-corrected chi connectivity index (χ1v) is 6.93. The van der Waals surface area contributed by atoms with E-state index in [2.05, 4.69) is 34.0 Å². The fourth-order valence-corrected chi connectivity index (χ4v) is 2.33. The molecule has 0 bridgehead atoms. The second kappa shape index (κ2) is 5.55. The average molecular weight is 248 g/mol. The van der Waals surface area contributed by atoms with E-state index in [1.54, 1.807) is 0 Å². The van der Waals surface area contributed by atoms with E-state index in [4.69, 9.17) is 0 Å². The first kappa shape index (κ1) is 13.1. The number of aryl methyl sites for hydroxylation is 1. The number of nitrogens with one attached hydrogen (secondary N) is 1. The van der Waals surface area contributed by atoms with Crippen molar-refractivity contribution in [2.75, 3.05) is 30.4 Å². The van der Waals surface area contributed by atoms with E-state index in [1.807, 2.05) is 14.0 Å². The molecule has 18 heavy (non-hydrogen) atoms. The second-order valence-electron chi connectivity index (χ2n) is 5.21. The maximum Gasteiger partial charge on any atom is 0.137 e. The van der Waals surface area contributed by atoms with Crippen molar-refractivity contribution in [1.82, 2.24) is 9.97 Å². The van der Waals surface area contributed by atoms with Crippen molar-refractivity contribution in [3.63, 3.8) is 0 Å². The van der Waals surface area contributed by atoms with Crippen LogP contribution in [0, 0.1) is 19.8 Å². The number of hydrogen-bond acceptors (Lipinski definition) is 4. The lowest BCUT2D eigenvalue weighted by Gasteiger charge is -2.25. The SMILES string of the molecule is CCCN(CC1CC1)c1nc(C)nc(NC)c1C. The van der Waals surface area contributed by atoms with Crippen molar-refractivity contribution in [3.8, 4) is 0 Å². The molecule has 0 spiro atoms. The van der Waals surface area contributed by atoms with Crippen molar-refractivity contribution in [2.45, 2.75) is 40.0 Å². The molecule has 4 nitrogen and oxygen atoms in total. The van der Waals surface area contributed by atoms with Gasteiger partial charge in [0.2, 0.25) is 0 Å². The molecule has 0 unspecified atom stereocenters. The van der Waals surface area contributed by atoms with Crippen LogP contribution in [0.2, 0.25) is 0 Å². The summed E-state index contributed by atoms with van der Waals surface area (Å²) in [6, 6.07) is 0. The van der Waals surface area contributed by atoms with Gasteiger partial charge in [0.05, 0.1) is 0 Å². The normalized spacial score (nSPS) is 14.7. The highest BCUT2D eigenvalue weighted by Crippen LogP contribution is 2.32. The van der Waals surface area contributed by atoms with Crippen LogP contribution in [0.4, 0.5) is 11.6 Å². The molecule has 0 amide bonds. The van der Waals surface area contributed by atoms with Crippen LogP contribution in [-0.4, -0.2) is 30.1 Å². The van der Waals surface area contributed by atoms with Gasteiger partial charge in [-0.25, -0.2) is 9.97 Å². The Morgan fingerprint density at radius 1 is 1.28 bits per heavy atom. The molecule has 0 atom stereocenters. The van der Waals surface area contributed by atoms with E-state index in [1.165, 1.54) is 12.8 Å². The number of nitrogens with zero attached hydrogens (tertiary/aromatic N) is 3. The summed E-state index contributed by atoms with van der Waals surface area (Å²) in [5.41, 5.74) is 1.16. The Bertz CT molecular complexity index is 413. The third-order valence-electron chi connectivity index (χ3n) is 3.44. The van der Waals surface area contributed by atoms with Gasteiger partial charge in [0.1, 0.15) is 17.5 Å². The van der Waals surface area contributed by atoms with Crippen LogP contribution in [0.5, 0.6) is 0 Å². The Morgan fingerprint density at radius 2 is 2.00 bits per heavy atom. The maximum absolute atomic E-state index is 4.66. The zero-order valence-corrected chi connectivity index (χ0v) is 12.0. The van der Waals surface area contributed by atoms with Gasteiger partial charge in [0.15, 0.2) is 0 Å². The van der Waals surface area contributed by atoms with Crippen molar-refractivity contribution in [2.24, 2.45) is 5.92 Å². The third kappa shape index (κ3) is 2.92. The second-order valence-corrected chi connectivity index (χ2v) is 5.21. The quantitative estimate of drug-likeness (QED) is 0.840. The van der Waals surface area contributed by atoms with Crippen LogP contribution < -0.4 is 10.2 Å². The molecule has 0 aliphatic heterocycles. The summed E-state index contributed by atoms with van der Waals surface area (Å²) in [5.74, 6) is 3.79. The van der Waals surface area contributed by atoms with Crippen LogP contribution >= 0.6 is 0 Å². The van der Waals surface area contributed by atoms with Crippen LogP contribution in [0.3, 0.4) is 0 Å². The summed E-state index contributed by atoms with van der Waals surface area (Å²) in [7, 11) is 1.92. The molecule has 1 aromatic rings. The van der Waals surface area contributed by atoms with Crippen molar-refractivity contribution >= 4 is 11.6 Å². The van der Waals surface area contributed by atoms with Crippen molar-refractivity contribution < 1.29 is 0 Å². The minimum atomic E-state index is 0.844. The smallest absolute Gasteiger partial charge is 0.137 e. The zero-order chi connectivity index (χ0) is 13.1. The summed E-state index contributed by atoms with van der Waals surface area (Å²) < 4.78 is 0. The van der Waals surface area contributed by atoms with Gasteiger partial charge in [-0.1, -0.05) is 6.92 Å². The molecule has 1 aromatic heterocycles. The molecule has 1 aliphatic carbocycles. The van der Waals surface area contributed by atoms with Gasteiger partial charge >= 0.3 is 0 Å². The van der Waals surface area contributed by atoms with Crippen molar-refractivity contribution in [1.29, 1.82) is 0 Å². The highest BCUT2D eigenvalue weighted by Gasteiger charge is 2.26. The highest BCUT2D eigenvalue weighted by molar-refractivity contribution is 5.58. The lowest BCUT2D eigenvalue weighted by Crippen LogP contribution is -2.29. The van der Waals surface area contributed by atoms with E-state index in [0.717, 1.165) is 48.5 Å². The van der Waals surface area contributed by atoms with Gasteiger partial charge in [-0.2, -0.15) is 0 Å². The van der Waals surface area contributed by atoms with E-state index in [-0.39, 0.29) is 0 Å². The number of anilines is 2. The molecule has 0 saturated heterocycles. The lowest BCUT2D eigenvalue weighted by molar-refractivity contribution is 0.694. The maximum atomic E-state index is 4.66. The molecule has 1 saturated carbocycles. The summed E-state index contributed by atoms with van der Waals surface area (Å²) in [5, 5.41) is 3.16. The number of hydrogen-bond donors (Lipinski definition) is 1. The Balaban J connectivity index is 2.29. The molecule has 1 N–H and O–H groups in total. The topological polar surface area (TPSA) is 41.1 Å². The van der Waals surface area contributed by atoms with E-state index in [9.17, 15) is 0 Å². The van der Waals surface area contributed by atoms with E-state index >= 15 is 0 Å². The largest absolute Gasteiger partial charge is 0.373 e. The third-order valence-corrected chi connectivity index (χ3v) is 3.44. The Labute approximate surface area is 110 Å². The van der Waals surface area contributed by atoms with E-state index < -0.39 is 0 Å². The van der Waals surface area contributed by atoms with Gasteiger partial charge in [-0.05, 0) is 39.0 Å². The predicted molar refractivity (Wildman–Crippen MR) is 76.3 cm³/mol. The number of aromatic nitrogens is 2. The minimum absolute atomic E-state index is 0.844. The van der Waals surface area contributed by atoms with Crippen molar-refractivity contribution in [3.05, 3.63) is 11.4 Å². The van der Waals surface area contributed by atoms with Crippen LogP contribution in [-0.2, 0) is 0 Å². The molecule has 1 aliphatic rings. The number of rotatable bonds is 6. The Hall–Kier alpha value is -1.32. The Morgan fingerprint density at radius 3 is 2.56 bits per heavy atom. The molecule has 1 fully saturated rings. The molecular weight excluding hydrogens is 224 g/mol. The molecule has 100 valence electrons. The fraction of sp³-hybridized carbons (Fsp3) is 0.714. The monoisotopic (exact) mass is 248 g/mol. The molecule has 4 heteroatoms. The average Bonchev–Trinajstić information content (AvgIpc) is 3.15. The Kier molecular flexibility index (Phi) is 4.04.